The predicted octanol–water partition coefficient (Wildman–Crippen LogP) is 0.866. The van der Waals surface area contributed by atoms with Gasteiger partial charge in [0, 0.05) is 38.5 Å². The molecule has 122 valence electrons. The summed E-state index contributed by atoms with van der Waals surface area (Å²) in [5.74, 6) is -0.295. The van der Waals surface area contributed by atoms with Crippen molar-refractivity contribution in [3.05, 3.63) is 0 Å². The van der Waals surface area contributed by atoms with Gasteiger partial charge in [-0.3, -0.25) is 14.4 Å². The van der Waals surface area contributed by atoms with E-state index in [9.17, 15) is 14.4 Å². The molecule has 0 unspecified atom stereocenters. The van der Waals surface area contributed by atoms with Crippen LogP contribution < -0.4 is 5.32 Å². The molecule has 0 fully saturated rings. The number of carbonyl (C=O) groups is 3. The standard InChI is InChI=1S/C15H29N3O3/c1-7-18(8-2)13(20)11-17(6)12(19)9-10-16-14(21)15(3,4)5/h7-11H2,1-6H3,(H,16,21). The first-order valence-corrected chi connectivity index (χ1v) is 7.43. The van der Waals surface area contributed by atoms with Crippen molar-refractivity contribution < 1.29 is 14.4 Å². The first-order chi connectivity index (χ1) is 9.63. The zero-order valence-electron chi connectivity index (χ0n) is 14.2. The van der Waals surface area contributed by atoms with Crippen molar-refractivity contribution >= 4 is 17.7 Å². The molecule has 0 aliphatic heterocycles. The Labute approximate surface area is 127 Å². The second kappa shape index (κ2) is 8.64. The Kier molecular flexibility index (Phi) is 7.99. The maximum atomic E-state index is 11.9. The van der Waals surface area contributed by atoms with Crippen molar-refractivity contribution in [3.63, 3.8) is 0 Å². The van der Waals surface area contributed by atoms with Crippen LogP contribution >= 0.6 is 0 Å². The molecule has 0 saturated carbocycles. The third-order valence-corrected chi connectivity index (χ3v) is 3.22. The van der Waals surface area contributed by atoms with E-state index in [4.69, 9.17) is 0 Å². The molecular formula is C15H29N3O3. The van der Waals surface area contributed by atoms with Crippen molar-refractivity contribution in [2.24, 2.45) is 5.41 Å². The third kappa shape index (κ3) is 7.11. The van der Waals surface area contributed by atoms with Gasteiger partial charge < -0.3 is 15.1 Å². The topological polar surface area (TPSA) is 69.7 Å². The molecule has 0 bridgehead atoms. The zero-order valence-corrected chi connectivity index (χ0v) is 14.2. The Bertz CT molecular complexity index is 371. The van der Waals surface area contributed by atoms with Crippen LogP contribution in [0.2, 0.25) is 0 Å². The molecule has 0 rings (SSSR count). The van der Waals surface area contributed by atoms with E-state index in [-0.39, 0.29) is 30.7 Å². The van der Waals surface area contributed by atoms with Gasteiger partial charge in [0.2, 0.25) is 17.7 Å². The first kappa shape index (κ1) is 19.4. The van der Waals surface area contributed by atoms with Gasteiger partial charge in [0.1, 0.15) is 0 Å². The van der Waals surface area contributed by atoms with Crippen LogP contribution in [-0.2, 0) is 14.4 Å². The molecule has 0 aliphatic carbocycles. The molecule has 0 aromatic rings. The quantitative estimate of drug-likeness (QED) is 0.758. The van der Waals surface area contributed by atoms with E-state index in [0.717, 1.165) is 0 Å². The second-order valence-corrected chi connectivity index (χ2v) is 6.07. The van der Waals surface area contributed by atoms with Crippen LogP contribution in [-0.4, -0.2) is 60.7 Å². The van der Waals surface area contributed by atoms with Crippen molar-refractivity contribution in [1.29, 1.82) is 0 Å². The van der Waals surface area contributed by atoms with Crippen LogP contribution in [0, 0.1) is 5.41 Å². The molecule has 3 amide bonds. The minimum Gasteiger partial charge on any atom is -0.355 e. The number of rotatable bonds is 7. The maximum absolute atomic E-state index is 11.9. The number of carbonyl (C=O) groups excluding carboxylic acids is 3. The molecule has 0 heterocycles. The molecular weight excluding hydrogens is 270 g/mol. The summed E-state index contributed by atoms with van der Waals surface area (Å²) >= 11 is 0. The van der Waals surface area contributed by atoms with Crippen LogP contribution in [0.5, 0.6) is 0 Å². The molecule has 0 saturated heterocycles. The van der Waals surface area contributed by atoms with Gasteiger partial charge in [-0.25, -0.2) is 0 Å². The van der Waals surface area contributed by atoms with Crippen LogP contribution in [0.3, 0.4) is 0 Å². The van der Waals surface area contributed by atoms with Crippen molar-refractivity contribution in [3.8, 4) is 0 Å². The Morgan fingerprint density at radius 2 is 1.52 bits per heavy atom. The van der Waals surface area contributed by atoms with Gasteiger partial charge in [-0.05, 0) is 13.8 Å². The highest BCUT2D eigenvalue weighted by atomic mass is 16.2. The highest BCUT2D eigenvalue weighted by molar-refractivity contribution is 5.85. The van der Waals surface area contributed by atoms with Crippen molar-refractivity contribution in [1.82, 2.24) is 15.1 Å². The number of hydrogen-bond donors (Lipinski definition) is 1. The smallest absolute Gasteiger partial charge is 0.242 e. The molecule has 0 aromatic carbocycles. The summed E-state index contributed by atoms with van der Waals surface area (Å²) < 4.78 is 0. The monoisotopic (exact) mass is 299 g/mol. The fourth-order valence-corrected chi connectivity index (χ4v) is 1.71. The summed E-state index contributed by atoms with van der Waals surface area (Å²) in [6.45, 7) is 10.9. The molecule has 1 N–H and O–H groups in total. The van der Waals surface area contributed by atoms with Crippen molar-refractivity contribution in [2.75, 3.05) is 33.2 Å². The summed E-state index contributed by atoms with van der Waals surface area (Å²) in [5, 5.41) is 2.73. The number of hydrogen-bond acceptors (Lipinski definition) is 3. The largest absolute Gasteiger partial charge is 0.355 e. The van der Waals surface area contributed by atoms with Crippen LogP contribution in [0.4, 0.5) is 0 Å². The summed E-state index contributed by atoms with van der Waals surface area (Å²) in [6.07, 6.45) is 0.198. The molecule has 21 heavy (non-hydrogen) atoms. The number of nitrogens with zero attached hydrogens (tertiary/aromatic N) is 2. The lowest BCUT2D eigenvalue weighted by molar-refractivity contribution is -0.139. The van der Waals surface area contributed by atoms with E-state index in [1.54, 1.807) is 11.9 Å². The molecule has 0 aliphatic rings. The van der Waals surface area contributed by atoms with E-state index in [2.05, 4.69) is 5.32 Å². The fourth-order valence-electron chi connectivity index (χ4n) is 1.71. The zero-order chi connectivity index (χ0) is 16.6. The SMILES string of the molecule is CCN(CC)C(=O)CN(C)C(=O)CCNC(=O)C(C)(C)C. The molecule has 0 radical (unpaired) electrons. The van der Waals surface area contributed by atoms with Crippen LogP contribution in [0.15, 0.2) is 0 Å². The average molecular weight is 299 g/mol. The minimum atomic E-state index is -0.465. The Hall–Kier alpha value is -1.59. The number of amides is 3. The van der Waals surface area contributed by atoms with E-state index in [1.807, 2.05) is 34.6 Å². The lowest BCUT2D eigenvalue weighted by Gasteiger charge is -2.23. The molecule has 0 atom stereocenters. The summed E-state index contributed by atoms with van der Waals surface area (Å²) in [6, 6.07) is 0. The normalized spacial score (nSPS) is 11.0. The van der Waals surface area contributed by atoms with Gasteiger partial charge in [0.15, 0.2) is 0 Å². The minimum absolute atomic E-state index is 0.0606. The van der Waals surface area contributed by atoms with Gasteiger partial charge in [0.05, 0.1) is 6.54 Å². The molecule has 0 aromatic heterocycles. The Morgan fingerprint density at radius 1 is 1.00 bits per heavy atom. The van der Waals surface area contributed by atoms with E-state index < -0.39 is 5.41 Å². The van der Waals surface area contributed by atoms with Gasteiger partial charge in [0.25, 0.3) is 0 Å². The Balaban J connectivity index is 4.18. The Morgan fingerprint density at radius 3 is 1.95 bits per heavy atom. The van der Waals surface area contributed by atoms with E-state index >= 15 is 0 Å². The fraction of sp³-hybridized carbons (Fsp3) is 0.800. The van der Waals surface area contributed by atoms with Crippen LogP contribution in [0.25, 0.3) is 0 Å². The number of likely N-dealkylation sites (N-methyl/N-ethyl adjacent to an activating group) is 2. The average Bonchev–Trinajstić information content (AvgIpc) is 2.38. The van der Waals surface area contributed by atoms with Gasteiger partial charge in [-0.2, -0.15) is 0 Å². The summed E-state index contributed by atoms with van der Waals surface area (Å²) in [4.78, 5) is 38.6. The van der Waals surface area contributed by atoms with Gasteiger partial charge in [-0.15, -0.1) is 0 Å². The van der Waals surface area contributed by atoms with Crippen LogP contribution in [0.1, 0.15) is 41.0 Å². The lowest BCUT2D eigenvalue weighted by atomic mass is 9.96. The highest BCUT2D eigenvalue weighted by Gasteiger charge is 2.21. The predicted molar refractivity (Wildman–Crippen MR) is 82.6 cm³/mol. The highest BCUT2D eigenvalue weighted by Crippen LogP contribution is 2.12. The van der Waals surface area contributed by atoms with E-state index in [1.165, 1.54) is 4.90 Å². The molecule has 6 nitrogen and oxygen atoms in total. The summed E-state index contributed by atoms with van der Waals surface area (Å²) in [5.41, 5.74) is -0.465. The summed E-state index contributed by atoms with van der Waals surface area (Å²) in [7, 11) is 1.61. The first-order valence-electron chi connectivity index (χ1n) is 7.43. The second-order valence-electron chi connectivity index (χ2n) is 6.07. The molecule has 0 spiro atoms. The van der Waals surface area contributed by atoms with E-state index in [0.29, 0.717) is 19.6 Å². The lowest BCUT2D eigenvalue weighted by Crippen LogP contribution is -2.42. The third-order valence-electron chi connectivity index (χ3n) is 3.22. The molecule has 6 heteroatoms. The van der Waals surface area contributed by atoms with Gasteiger partial charge >= 0.3 is 0 Å². The maximum Gasteiger partial charge on any atom is 0.242 e. The number of nitrogens with one attached hydrogen (secondary N) is 1. The van der Waals surface area contributed by atoms with Gasteiger partial charge in [-0.1, -0.05) is 20.8 Å². The van der Waals surface area contributed by atoms with Crippen molar-refractivity contribution in [2.45, 2.75) is 41.0 Å².